The van der Waals surface area contributed by atoms with Crippen molar-refractivity contribution in [1.29, 1.82) is 0 Å². The molecule has 0 unspecified atom stereocenters. The molecule has 0 saturated carbocycles. The summed E-state index contributed by atoms with van der Waals surface area (Å²) >= 11 is 0. The Kier molecular flexibility index (Phi) is 3.91. The third-order valence-electron chi connectivity index (χ3n) is 2.15. The fourth-order valence-electron chi connectivity index (χ4n) is 1.37. The summed E-state index contributed by atoms with van der Waals surface area (Å²) in [7, 11) is 0. The number of hydrogen-bond donors (Lipinski definition) is 0. The number of amidine groups is 1. The molecule has 12 heavy (non-hydrogen) atoms. The predicted molar refractivity (Wildman–Crippen MR) is 51.2 cm³/mol. The van der Waals surface area contributed by atoms with Crippen molar-refractivity contribution >= 4 is 5.84 Å². The monoisotopic (exact) mass is 168 g/mol. The van der Waals surface area contributed by atoms with Gasteiger partial charge in [-0.1, -0.05) is 13.3 Å². The van der Waals surface area contributed by atoms with Gasteiger partial charge in [-0.25, -0.2) is 0 Å². The highest BCUT2D eigenvalue weighted by atomic mass is 15.4. The van der Waals surface area contributed by atoms with E-state index in [0.29, 0.717) is 0 Å². The second-order valence-corrected chi connectivity index (χ2v) is 3.06. The maximum atomic E-state index is 4.13. The predicted octanol–water partition coefficient (Wildman–Crippen LogP) is 1.43. The van der Waals surface area contributed by atoms with Crippen LogP contribution in [0.15, 0.2) is 5.10 Å². The van der Waals surface area contributed by atoms with Gasteiger partial charge in [0.05, 0.1) is 6.54 Å². The quantitative estimate of drug-likeness (QED) is 0.624. The van der Waals surface area contributed by atoms with E-state index in [1.165, 1.54) is 18.7 Å². The van der Waals surface area contributed by atoms with Crippen LogP contribution in [0.25, 0.3) is 0 Å². The molecule has 0 aliphatic carbocycles. The van der Waals surface area contributed by atoms with Gasteiger partial charge in [0.1, 0.15) is 5.84 Å². The summed E-state index contributed by atoms with van der Waals surface area (Å²) in [4.78, 5) is 2.33. The molecule has 1 aliphatic heterocycles. The van der Waals surface area contributed by atoms with Crippen molar-refractivity contribution in [1.82, 2.24) is 10.3 Å². The van der Waals surface area contributed by atoms with Crippen molar-refractivity contribution in [3.8, 4) is 0 Å². The lowest BCUT2D eigenvalue weighted by molar-refractivity contribution is 0.423. The molecule has 69 valence electrons. The first-order valence-corrected chi connectivity index (χ1v) is 4.86. The normalized spacial score (nSPS) is 15.7. The van der Waals surface area contributed by atoms with Gasteiger partial charge in [-0.05, 0) is 13.3 Å². The zero-order chi connectivity index (χ0) is 8.81. The number of hydrogen-bond acceptors (Lipinski definition) is 2. The van der Waals surface area contributed by atoms with Crippen LogP contribution in [-0.2, 0) is 0 Å². The maximum absolute atomic E-state index is 4.13. The minimum Gasteiger partial charge on any atom is -0.359 e. The first-order valence-electron chi connectivity index (χ1n) is 4.86. The van der Waals surface area contributed by atoms with Crippen LogP contribution in [0.4, 0.5) is 0 Å². The topological polar surface area (TPSA) is 29.7 Å². The first kappa shape index (κ1) is 9.36. The van der Waals surface area contributed by atoms with Crippen LogP contribution >= 0.6 is 0 Å². The van der Waals surface area contributed by atoms with Crippen LogP contribution in [0.5, 0.6) is 0 Å². The molecule has 1 radical (unpaired) electrons. The summed E-state index contributed by atoms with van der Waals surface area (Å²) in [6, 6.07) is 0. The fraction of sp³-hybridized carbons (Fsp3) is 0.889. The highest BCUT2D eigenvalue weighted by Gasteiger charge is 2.13. The van der Waals surface area contributed by atoms with Gasteiger partial charge in [-0.3, -0.25) is 0 Å². The van der Waals surface area contributed by atoms with E-state index in [2.05, 4.69) is 29.3 Å². The highest BCUT2D eigenvalue weighted by Crippen LogP contribution is 2.03. The molecule has 0 saturated heterocycles. The number of unbranched alkanes of at least 4 members (excludes halogenated alkanes) is 1. The van der Waals surface area contributed by atoms with Gasteiger partial charge in [0.15, 0.2) is 0 Å². The summed E-state index contributed by atoms with van der Waals surface area (Å²) in [6.07, 6.45) is 3.55. The Labute approximate surface area is 74.8 Å². The van der Waals surface area contributed by atoms with Gasteiger partial charge >= 0.3 is 0 Å². The van der Waals surface area contributed by atoms with Crippen molar-refractivity contribution in [2.45, 2.75) is 33.1 Å². The SMILES string of the molecule is CCCCN(CC)C1=N[N]CC1. The van der Waals surface area contributed by atoms with Crippen LogP contribution < -0.4 is 5.43 Å². The van der Waals surface area contributed by atoms with E-state index in [0.717, 1.165) is 26.1 Å². The Balaban J connectivity index is 2.33. The Morgan fingerprint density at radius 2 is 2.25 bits per heavy atom. The van der Waals surface area contributed by atoms with E-state index in [1.807, 2.05) is 0 Å². The van der Waals surface area contributed by atoms with Gasteiger partial charge in [-0.15, -0.1) is 5.10 Å². The summed E-state index contributed by atoms with van der Waals surface area (Å²) in [6.45, 7) is 7.48. The molecule has 0 N–H and O–H groups in total. The average Bonchev–Trinajstić information content (AvgIpc) is 2.59. The average molecular weight is 168 g/mol. The summed E-state index contributed by atoms with van der Waals surface area (Å²) < 4.78 is 0. The third kappa shape index (κ3) is 2.40. The molecule has 0 aromatic heterocycles. The zero-order valence-electron chi connectivity index (χ0n) is 8.08. The Hall–Kier alpha value is -0.730. The molecule has 0 amide bonds. The van der Waals surface area contributed by atoms with Crippen molar-refractivity contribution in [3.05, 3.63) is 0 Å². The lowest BCUT2D eigenvalue weighted by atomic mass is 10.3. The van der Waals surface area contributed by atoms with Crippen LogP contribution in [0, 0.1) is 0 Å². The van der Waals surface area contributed by atoms with Crippen LogP contribution in [0.2, 0.25) is 0 Å². The van der Waals surface area contributed by atoms with Gasteiger partial charge in [0.2, 0.25) is 0 Å². The molecule has 0 aromatic rings. The molecule has 3 nitrogen and oxygen atoms in total. The molecular weight excluding hydrogens is 150 g/mol. The molecule has 0 aromatic carbocycles. The van der Waals surface area contributed by atoms with Gasteiger partial charge in [0.25, 0.3) is 0 Å². The fourth-order valence-corrected chi connectivity index (χ4v) is 1.37. The molecule has 1 aliphatic rings. The Morgan fingerprint density at radius 3 is 2.75 bits per heavy atom. The van der Waals surface area contributed by atoms with Gasteiger partial charge in [-0.2, -0.15) is 5.43 Å². The number of rotatable bonds is 4. The minimum atomic E-state index is 0.887. The molecule has 3 heteroatoms. The zero-order valence-corrected chi connectivity index (χ0v) is 8.08. The second kappa shape index (κ2) is 5.01. The van der Waals surface area contributed by atoms with E-state index >= 15 is 0 Å². The smallest absolute Gasteiger partial charge is 0.129 e. The highest BCUT2D eigenvalue weighted by molar-refractivity contribution is 5.83. The van der Waals surface area contributed by atoms with Crippen molar-refractivity contribution < 1.29 is 0 Å². The van der Waals surface area contributed by atoms with Crippen molar-refractivity contribution in [2.24, 2.45) is 5.10 Å². The Morgan fingerprint density at radius 1 is 1.42 bits per heavy atom. The standard InChI is InChI=1S/C9H18N3/c1-3-5-8-12(4-2)9-6-7-10-11-9/h3-8H2,1-2H3. The first-order chi connectivity index (χ1) is 5.88. The van der Waals surface area contributed by atoms with E-state index < -0.39 is 0 Å². The molecule has 1 rings (SSSR count). The minimum absolute atomic E-state index is 0.887. The van der Waals surface area contributed by atoms with E-state index in [1.54, 1.807) is 0 Å². The lowest BCUT2D eigenvalue weighted by Crippen LogP contribution is -2.30. The molecule has 0 bridgehead atoms. The second-order valence-electron chi connectivity index (χ2n) is 3.06. The van der Waals surface area contributed by atoms with E-state index in [-0.39, 0.29) is 0 Å². The molecule has 0 fully saturated rings. The summed E-state index contributed by atoms with van der Waals surface area (Å²) in [5, 5.41) is 4.13. The van der Waals surface area contributed by atoms with E-state index in [9.17, 15) is 0 Å². The van der Waals surface area contributed by atoms with Gasteiger partial charge in [0, 0.05) is 19.5 Å². The van der Waals surface area contributed by atoms with Crippen molar-refractivity contribution in [2.75, 3.05) is 19.6 Å². The maximum Gasteiger partial charge on any atom is 0.129 e. The number of nitrogens with zero attached hydrogens (tertiary/aromatic N) is 3. The van der Waals surface area contributed by atoms with Crippen LogP contribution in [0.3, 0.4) is 0 Å². The lowest BCUT2D eigenvalue weighted by Gasteiger charge is -2.21. The Bertz CT molecular complexity index is 154. The molecular formula is C9H18N3. The molecule has 1 heterocycles. The third-order valence-corrected chi connectivity index (χ3v) is 2.15. The largest absolute Gasteiger partial charge is 0.359 e. The van der Waals surface area contributed by atoms with Crippen LogP contribution in [0.1, 0.15) is 33.1 Å². The molecule has 0 spiro atoms. The summed E-state index contributed by atoms with van der Waals surface area (Å²) in [5.74, 6) is 1.19. The van der Waals surface area contributed by atoms with Gasteiger partial charge < -0.3 is 4.90 Å². The molecule has 0 atom stereocenters. The van der Waals surface area contributed by atoms with E-state index in [4.69, 9.17) is 0 Å². The summed E-state index contributed by atoms with van der Waals surface area (Å²) in [5.41, 5.74) is 3.99. The van der Waals surface area contributed by atoms with Crippen molar-refractivity contribution in [3.63, 3.8) is 0 Å². The van der Waals surface area contributed by atoms with Crippen LogP contribution in [-0.4, -0.2) is 30.4 Å².